The van der Waals surface area contributed by atoms with E-state index in [1.807, 2.05) is 31.5 Å². The second-order valence-electron chi connectivity index (χ2n) is 8.52. The van der Waals surface area contributed by atoms with E-state index in [0.717, 1.165) is 18.4 Å². The minimum Gasteiger partial charge on any atom is -0.444 e. The Hall–Kier alpha value is -2.54. The van der Waals surface area contributed by atoms with Crippen molar-refractivity contribution in [3.05, 3.63) is 40.5 Å². The fourth-order valence-electron chi connectivity index (χ4n) is 3.72. The normalized spacial score (nSPS) is 17.4. The first kappa shape index (κ1) is 18.8. The Morgan fingerprint density at radius 1 is 1.29 bits per heavy atom. The SMILES string of the molecule is CC(C)(C)OC(=O)N1Cc2c(C(N)=O)c(-c3cccc(Cl)c3)nn2C2(CC2)C1. The first-order chi connectivity index (χ1) is 13.1. The number of carbonyl (C=O) groups is 2. The van der Waals surface area contributed by atoms with Crippen LogP contribution < -0.4 is 5.73 Å². The summed E-state index contributed by atoms with van der Waals surface area (Å²) in [6.45, 7) is 6.22. The van der Waals surface area contributed by atoms with Crippen LogP contribution in [0.25, 0.3) is 11.3 Å². The number of benzene rings is 1. The number of rotatable bonds is 2. The minimum absolute atomic E-state index is 0.225. The van der Waals surface area contributed by atoms with Gasteiger partial charge in [-0.25, -0.2) is 4.79 Å². The molecule has 0 saturated heterocycles. The molecule has 1 spiro atoms. The molecule has 0 atom stereocenters. The maximum atomic E-state index is 12.7. The van der Waals surface area contributed by atoms with E-state index in [-0.39, 0.29) is 12.1 Å². The standard InChI is InChI=1S/C20H23ClN4O3/c1-19(2,3)28-18(27)24-10-14-15(17(22)26)16(12-5-4-6-13(21)9-12)23-25(14)20(11-24)7-8-20/h4-6,9H,7-8,10-11H2,1-3H3,(H2,22,26). The number of fused-ring (bicyclic) bond motifs is 2. The largest absolute Gasteiger partial charge is 0.444 e. The van der Waals surface area contributed by atoms with Gasteiger partial charge in [-0.1, -0.05) is 23.7 Å². The number of nitrogens with two attached hydrogens (primary N) is 1. The first-order valence-electron chi connectivity index (χ1n) is 9.26. The molecular weight excluding hydrogens is 380 g/mol. The summed E-state index contributed by atoms with van der Waals surface area (Å²) in [5.74, 6) is -0.571. The Labute approximate surface area is 168 Å². The summed E-state index contributed by atoms with van der Waals surface area (Å²) in [5.41, 5.74) is 7.05. The number of halogens is 1. The minimum atomic E-state index is -0.593. The number of nitrogens with zero attached hydrogens (tertiary/aromatic N) is 3. The van der Waals surface area contributed by atoms with Gasteiger partial charge in [0, 0.05) is 17.1 Å². The molecular formula is C20H23ClN4O3. The number of carbonyl (C=O) groups excluding carboxylic acids is 2. The molecule has 4 rings (SSSR count). The van der Waals surface area contributed by atoms with Crippen molar-refractivity contribution < 1.29 is 14.3 Å². The fraction of sp³-hybridized carbons (Fsp3) is 0.450. The van der Waals surface area contributed by atoms with Crippen LogP contribution in [0.2, 0.25) is 5.02 Å². The lowest BCUT2D eigenvalue weighted by Crippen LogP contribution is -2.47. The molecule has 2 aromatic rings. The van der Waals surface area contributed by atoms with Crippen LogP contribution in [0.5, 0.6) is 0 Å². The zero-order valence-corrected chi connectivity index (χ0v) is 16.9. The third kappa shape index (κ3) is 3.24. The summed E-state index contributed by atoms with van der Waals surface area (Å²) in [5, 5.41) is 5.30. The van der Waals surface area contributed by atoms with Gasteiger partial charge in [0.25, 0.3) is 5.91 Å². The van der Waals surface area contributed by atoms with Crippen molar-refractivity contribution in [1.82, 2.24) is 14.7 Å². The molecule has 2 N–H and O–H groups in total. The highest BCUT2D eigenvalue weighted by atomic mass is 35.5. The number of hydrogen-bond acceptors (Lipinski definition) is 4. The molecule has 148 valence electrons. The Morgan fingerprint density at radius 3 is 2.57 bits per heavy atom. The van der Waals surface area contributed by atoms with Crippen LogP contribution in [0.1, 0.15) is 49.7 Å². The maximum absolute atomic E-state index is 12.7. The van der Waals surface area contributed by atoms with Crippen molar-refractivity contribution in [2.75, 3.05) is 6.54 Å². The van der Waals surface area contributed by atoms with Crippen LogP contribution in [0.4, 0.5) is 4.79 Å². The monoisotopic (exact) mass is 402 g/mol. The van der Waals surface area contributed by atoms with Crippen LogP contribution >= 0.6 is 11.6 Å². The highest BCUT2D eigenvalue weighted by Crippen LogP contribution is 2.49. The molecule has 2 aliphatic rings. The average molecular weight is 403 g/mol. The van der Waals surface area contributed by atoms with E-state index in [0.29, 0.717) is 28.5 Å². The van der Waals surface area contributed by atoms with E-state index in [2.05, 4.69) is 0 Å². The zero-order chi connectivity index (χ0) is 20.3. The topological polar surface area (TPSA) is 90.4 Å². The summed E-state index contributed by atoms with van der Waals surface area (Å²) in [7, 11) is 0. The molecule has 1 aliphatic carbocycles. The molecule has 1 saturated carbocycles. The summed E-state index contributed by atoms with van der Waals surface area (Å²) >= 11 is 6.13. The zero-order valence-electron chi connectivity index (χ0n) is 16.2. The van der Waals surface area contributed by atoms with Gasteiger partial charge in [0.2, 0.25) is 0 Å². The van der Waals surface area contributed by atoms with Crippen LogP contribution in [0, 0.1) is 0 Å². The second-order valence-corrected chi connectivity index (χ2v) is 8.95. The maximum Gasteiger partial charge on any atom is 0.410 e. The predicted octanol–water partition coefficient (Wildman–Crippen LogP) is 3.54. The Morgan fingerprint density at radius 2 is 2.00 bits per heavy atom. The van der Waals surface area contributed by atoms with E-state index in [1.165, 1.54) is 0 Å². The summed E-state index contributed by atoms with van der Waals surface area (Å²) in [6, 6.07) is 7.17. The van der Waals surface area contributed by atoms with Crippen molar-refractivity contribution in [3.63, 3.8) is 0 Å². The van der Waals surface area contributed by atoms with Gasteiger partial charge >= 0.3 is 6.09 Å². The molecule has 7 nitrogen and oxygen atoms in total. The molecule has 1 aromatic carbocycles. The van der Waals surface area contributed by atoms with Crippen molar-refractivity contribution in [1.29, 1.82) is 0 Å². The highest BCUT2D eigenvalue weighted by molar-refractivity contribution is 6.30. The molecule has 2 amide bonds. The van der Waals surface area contributed by atoms with Gasteiger partial charge in [0.05, 0.1) is 23.3 Å². The van der Waals surface area contributed by atoms with E-state index in [4.69, 9.17) is 27.2 Å². The van der Waals surface area contributed by atoms with Crippen molar-refractivity contribution >= 4 is 23.6 Å². The molecule has 1 aromatic heterocycles. The molecule has 0 unspecified atom stereocenters. The Kier molecular flexibility index (Phi) is 4.19. The van der Waals surface area contributed by atoms with Gasteiger partial charge in [-0.05, 0) is 45.7 Å². The van der Waals surface area contributed by atoms with Gasteiger partial charge in [0.1, 0.15) is 11.3 Å². The Bertz CT molecular complexity index is 972. The van der Waals surface area contributed by atoms with E-state index < -0.39 is 17.6 Å². The predicted molar refractivity (Wildman–Crippen MR) is 105 cm³/mol. The van der Waals surface area contributed by atoms with Crippen LogP contribution in [0.15, 0.2) is 24.3 Å². The quantitative estimate of drug-likeness (QED) is 0.831. The van der Waals surface area contributed by atoms with Crippen LogP contribution in [-0.4, -0.2) is 38.8 Å². The highest BCUT2D eigenvalue weighted by Gasteiger charge is 2.53. The van der Waals surface area contributed by atoms with Gasteiger partial charge in [-0.3, -0.25) is 14.4 Å². The van der Waals surface area contributed by atoms with Gasteiger partial charge < -0.3 is 10.5 Å². The lowest BCUT2D eigenvalue weighted by Gasteiger charge is -2.35. The molecule has 0 radical (unpaired) electrons. The molecule has 2 heterocycles. The van der Waals surface area contributed by atoms with E-state index in [1.54, 1.807) is 23.1 Å². The molecule has 8 heteroatoms. The third-order valence-corrected chi connectivity index (χ3v) is 5.31. The van der Waals surface area contributed by atoms with Gasteiger partial charge in [-0.15, -0.1) is 0 Å². The molecule has 1 aliphatic heterocycles. The van der Waals surface area contributed by atoms with Crippen molar-refractivity contribution in [3.8, 4) is 11.3 Å². The lowest BCUT2D eigenvalue weighted by molar-refractivity contribution is 0.0141. The molecule has 0 bridgehead atoms. The van der Waals surface area contributed by atoms with Crippen molar-refractivity contribution in [2.45, 2.75) is 51.3 Å². The first-order valence-corrected chi connectivity index (χ1v) is 9.63. The molecule has 28 heavy (non-hydrogen) atoms. The molecule has 1 fully saturated rings. The average Bonchev–Trinajstić information content (AvgIpc) is 3.22. The van der Waals surface area contributed by atoms with Crippen molar-refractivity contribution in [2.24, 2.45) is 5.73 Å². The number of ether oxygens (including phenoxy) is 1. The van der Waals surface area contributed by atoms with Gasteiger partial charge in [-0.2, -0.15) is 5.10 Å². The van der Waals surface area contributed by atoms with Gasteiger partial charge in [0.15, 0.2) is 0 Å². The number of hydrogen-bond donors (Lipinski definition) is 1. The second kappa shape index (κ2) is 6.24. The van der Waals surface area contributed by atoms with E-state index >= 15 is 0 Å². The smallest absolute Gasteiger partial charge is 0.410 e. The number of primary amides is 1. The third-order valence-electron chi connectivity index (χ3n) is 5.08. The number of amides is 2. The van der Waals surface area contributed by atoms with Crippen LogP contribution in [0.3, 0.4) is 0 Å². The number of aromatic nitrogens is 2. The lowest BCUT2D eigenvalue weighted by atomic mass is 10.0. The summed E-state index contributed by atoms with van der Waals surface area (Å²) in [4.78, 5) is 26.7. The summed E-state index contributed by atoms with van der Waals surface area (Å²) in [6.07, 6.45) is 1.37. The fourth-order valence-corrected chi connectivity index (χ4v) is 3.91. The van der Waals surface area contributed by atoms with E-state index in [9.17, 15) is 9.59 Å². The summed E-state index contributed by atoms with van der Waals surface area (Å²) < 4.78 is 7.44. The Balaban J connectivity index is 1.79. The van der Waals surface area contributed by atoms with Crippen LogP contribution in [-0.2, 0) is 16.8 Å².